The molecule has 0 spiro atoms. The van der Waals surface area contributed by atoms with Crippen LogP contribution in [0.5, 0.6) is 0 Å². The zero-order chi connectivity index (χ0) is 10.6. The van der Waals surface area contributed by atoms with Crippen molar-refractivity contribution in [3.8, 4) is 0 Å². The Balaban J connectivity index is 3.01. The lowest BCUT2D eigenvalue weighted by Crippen LogP contribution is -2.70. The van der Waals surface area contributed by atoms with Crippen LogP contribution in [-0.4, -0.2) is 9.78 Å². The number of halogens is 2. The molecule has 0 aliphatic carbocycles. The molecular formula is C8H9ClFN3O. The Morgan fingerprint density at radius 2 is 2.50 bits per heavy atom. The molecule has 0 radical (unpaired) electrons. The first-order chi connectivity index (χ1) is 6.63. The number of rotatable bonds is 3. The molecule has 0 fully saturated rings. The van der Waals surface area contributed by atoms with Crippen LogP contribution in [0, 0.1) is 5.21 Å². The van der Waals surface area contributed by atoms with E-state index in [0.29, 0.717) is 11.2 Å². The second-order valence-corrected chi connectivity index (χ2v) is 2.93. The highest BCUT2D eigenvalue weighted by Crippen LogP contribution is 2.11. The summed E-state index contributed by atoms with van der Waals surface area (Å²) in [6.07, 6.45) is 3.93. The molecule has 0 aromatic carbocycles. The molecule has 4 nitrogen and oxygen atoms in total. The molecule has 0 aliphatic rings. The summed E-state index contributed by atoms with van der Waals surface area (Å²) in [6, 6.07) is 1.54. The first-order valence-corrected chi connectivity index (χ1v) is 4.22. The Morgan fingerprint density at radius 1 is 1.79 bits per heavy atom. The molecule has 1 heterocycles. The molecule has 0 saturated heterocycles. The minimum atomic E-state index is -0.412. The fourth-order valence-corrected chi connectivity index (χ4v) is 1.05. The van der Waals surface area contributed by atoms with Crippen molar-refractivity contribution in [2.75, 3.05) is 0 Å². The number of nitrogens with zero attached hydrogens (tertiary/aromatic N) is 2. The first kappa shape index (κ1) is 10.9. The van der Waals surface area contributed by atoms with Crippen molar-refractivity contribution >= 4 is 17.3 Å². The van der Waals surface area contributed by atoms with E-state index in [0.717, 1.165) is 0 Å². The predicted octanol–water partition coefficient (Wildman–Crippen LogP) is 1.27. The van der Waals surface area contributed by atoms with Gasteiger partial charge < -0.3 is 10.7 Å². The second-order valence-electron chi connectivity index (χ2n) is 2.54. The average Bonchev–Trinajstić information content (AvgIpc) is 2.50. The van der Waals surface area contributed by atoms with Gasteiger partial charge in [-0.15, -0.1) is 0 Å². The van der Waals surface area contributed by atoms with Crippen molar-refractivity contribution in [1.29, 1.82) is 0 Å². The molecule has 0 saturated carbocycles. The van der Waals surface area contributed by atoms with Crippen molar-refractivity contribution in [3.05, 3.63) is 40.7 Å². The fraction of sp³-hybridized carbons (Fsp3) is 0.125. The van der Waals surface area contributed by atoms with Crippen molar-refractivity contribution in [3.63, 3.8) is 0 Å². The Morgan fingerprint density at radius 3 is 2.93 bits per heavy atom. The molecule has 2 N–H and O–H groups in total. The number of hydrogen-bond acceptors (Lipinski definition) is 2. The molecule has 0 bridgehead atoms. The van der Waals surface area contributed by atoms with Crippen LogP contribution in [0.3, 0.4) is 0 Å². The molecular weight excluding hydrogens is 209 g/mol. The molecule has 1 rings (SSSR count). The normalized spacial score (nSPS) is 13.4. The van der Waals surface area contributed by atoms with E-state index in [1.165, 1.54) is 30.1 Å². The maximum atomic E-state index is 12.6. The topological polar surface area (TPSA) is 57.5 Å². The van der Waals surface area contributed by atoms with Crippen LogP contribution >= 0.6 is 11.6 Å². The van der Waals surface area contributed by atoms with E-state index in [9.17, 15) is 9.60 Å². The molecule has 0 amide bonds. The van der Waals surface area contributed by atoms with Crippen molar-refractivity contribution in [2.45, 2.75) is 6.92 Å². The molecule has 0 aliphatic heterocycles. The Kier molecular flexibility index (Phi) is 3.82. The highest BCUT2D eigenvalue weighted by molar-refractivity contribution is 6.29. The van der Waals surface area contributed by atoms with Crippen LogP contribution in [-0.2, 0) is 0 Å². The Bertz CT molecular complexity index is 368. The SMILES string of the molecule is C/C(F)=C\C(=C/[NH2+][O-])n1ccc(Cl)n1. The number of nitrogens with two attached hydrogens (primary N) is 1. The van der Waals surface area contributed by atoms with Gasteiger partial charge in [-0.25, -0.2) is 9.07 Å². The standard InChI is InChI=1S/C8H9ClFN3O/c1-6(10)4-7(5-11-14)13-3-2-8(9)12-13/h2-5H,11H2,1H3/b6-4+,7-5+. The Hall–Kier alpha value is -1.17. The second kappa shape index (κ2) is 4.90. The van der Waals surface area contributed by atoms with Gasteiger partial charge in [0.1, 0.15) is 11.9 Å². The molecule has 6 heteroatoms. The van der Waals surface area contributed by atoms with Gasteiger partial charge >= 0.3 is 0 Å². The van der Waals surface area contributed by atoms with E-state index in [4.69, 9.17) is 11.6 Å². The van der Waals surface area contributed by atoms with Crippen LogP contribution in [0.1, 0.15) is 6.92 Å². The van der Waals surface area contributed by atoms with E-state index in [-0.39, 0.29) is 5.15 Å². The van der Waals surface area contributed by atoms with E-state index >= 15 is 0 Å². The molecule has 14 heavy (non-hydrogen) atoms. The van der Waals surface area contributed by atoms with Crippen LogP contribution in [0.15, 0.2) is 30.4 Å². The van der Waals surface area contributed by atoms with Gasteiger partial charge in [0.25, 0.3) is 0 Å². The maximum Gasteiger partial charge on any atom is 0.151 e. The largest absolute Gasteiger partial charge is 0.631 e. The third-order valence-corrected chi connectivity index (χ3v) is 1.61. The summed E-state index contributed by atoms with van der Waals surface area (Å²) in [5.41, 5.74) is 0.886. The number of allylic oxidation sites excluding steroid dienone is 3. The number of aromatic nitrogens is 2. The first-order valence-electron chi connectivity index (χ1n) is 3.84. The maximum absolute atomic E-state index is 12.6. The monoisotopic (exact) mass is 217 g/mol. The minimum Gasteiger partial charge on any atom is -0.631 e. The fourth-order valence-electron chi connectivity index (χ4n) is 0.910. The quantitative estimate of drug-likeness (QED) is 0.612. The predicted molar refractivity (Wildman–Crippen MR) is 51.7 cm³/mol. The number of quaternary nitrogens is 1. The summed E-state index contributed by atoms with van der Waals surface area (Å²) in [6.45, 7) is 1.28. The van der Waals surface area contributed by atoms with Crippen molar-refractivity contribution in [2.24, 2.45) is 0 Å². The van der Waals surface area contributed by atoms with Gasteiger partial charge in [-0.2, -0.15) is 5.10 Å². The number of hydroxylamine groups is 1. The molecule has 0 unspecified atom stereocenters. The van der Waals surface area contributed by atoms with Gasteiger partial charge in [-0.05, 0) is 13.0 Å². The zero-order valence-electron chi connectivity index (χ0n) is 7.45. The van der Waals surface area contributed by atoms with Crippen LogP contribution < -0.4 is 5.48 Å². The van der Waals surface area contributed by atoms with E-state index in [2.05, 4.69) is 5.10 Å². The zero-order valence-corrected chi connectivity index (χ0v) is 8.20. The smallest absolute Gasteiger partial charge is 0.151 e. The van der Waals surface area contributed by atoms with Crippen LogP contribution in [0.25, 0.3) is 5.70 Å². The van der Waals surface area contributed by atoms with Gasteiger partial charge in [0, 0.05) is 12.3 Å². The van der Waals surface area contributed by atoms with Gasteiger partial charge in [0.15, 0.2) is 5.15 Å². The van der Waals surface area contributed by atoms with E-state index < -0.39 is 5.83 Å². The lowest BCUT2D eigenvalue weighted by atomic mass is 10.4. The van der Waals surface area contributed by atoms with Gasteiger partial charge in [0.2, 0.25) is 0 Å². The average molecular weight is 218 g/mol. The van der Waals surface area contributed by atoms with Gasteiger partial charge in [0.05, 0.1) is 5.83 Å². The summed E-state index contributed by atoms with van der Waals surface area (Å²) in [7, 11) is 0. The van der Waals surface area contributed by atoms with E-state index in [1.807, 2.05) is 0 Å². The van der Waals surface area contributed by atoms with Crippen molar-refractivity contribution in [1.82, 2.24) is 9.78 Å². The summed E-state index contributed by atoms with van der Waals surface area (Å²) >= 11 is 5.58. The molecule has 0 atom stereocenters. The summed E-state index contributed by atoms with van der Waals surface area (Å²) in [5.74, 6) is -0.412. The van der Waals surface area contributed by atoms with Gasteiger partial charge in [-0.1, -0.05) is 11.6 Å². The molecule has 1 aromatic rings. The van der Waals surface area contributed by atoms with E-state index in [1.54, 1.807) is 6.07 Å². The minimum absolute atomic E-state index is 0.284. The van der Waals surface area contributed by atoms with Crippen LogP contribution in [0.2, 0.25) is 5.15 Å². The van der Waals surface area contributed by atoms with Crippen molar-refractivity contribution < 1.29 is 9.87 Å². The molecule has 76 valence electrons. The lowest BCUT2D eigenvalue weighted by Gasteiger charge is -2.01. The lowest BCUT2D eigenvalue weighted by molar-refractivity contribution is -0.514. The van der Waals surface area contributed by atoms with Gasteiger partial charge in [-0.3, -0.25) is 0 Å². The summed E-state index contributed by atoms with van der Waals surface area (Å²) in [5, 5.41) is 14.4. The summed E-state index contributed by atoms with van der Waals surface area (Å²) < 4.78 is 13.9. The number of hydrogen-bond donors (Lipinski definition) is 1. The highest BCUT2D eigenvalue weighted by Gasteiger charge is 2.01. The Labute approximate surface area is 85.3 Å². The van der Waals surface area contributed by atoms with Crippen LogP contribution in [0.4, 0.5) is 4.39 Å². The summed E-state index contributed by atoms with van der Waals surface area (Å²) in [4.78, 5) is 0. The molecule has 1 aromatic heterocycles. The third-order valence-electron chi connectivity index (χ3n) is 1.41. The third kappa shape index (κ3) is 2.95. The highest BCUT2D eigenvalue weighted by atomic mass is 35.5.